The summed E-state index contributed by atoms with van der Waals surface area (Å²) in [5, 5.41) is 7.66. The summed E-state index contributed by atoms with van der Waals surface area (Å²) in [5.74, 6) is 1.30. The van der Waals surface area contributed by atoms with Gasteiger partial charge in [-0.2, -0.15) is 5.10 Å². The van der Waals surface area contributed by atoms with Crippen molar-refractivity contribution in [2.75, 3.05) is 26.6 Å². The number of nitrogens with one attached hydrogen (secondary N) is 1. The van der Waals surface area contributed by atoms with E-state index in [1.807, 2.05) is 54.8 Å². The van der Waals surface area contributed by atoms with Gasteiger partial charge >= 0.3 is 0 Å². The lowest BCUT2D eigenvalue weighted by Gasteiger charge is -2.15. The summed E-state index contributed by atoms with van der Waals surface area (Å²) in [6.07, 6.45) is 0.829. The molecule has 0 bridgehead atoms. The molecule has 8 heteroatoms. The fourth-order valence-corrected chi connectivity index (χ4v) is 4.05. The van der Waals surface area contributed by atoms with Gasteiger partial charge in [-0.3, -0.25) is 4.79 Å². The smallest absolute Gasteiger partial charge is 0.224 e. The fraction of sp³-hybridized carbons (Fsp3) is 0.269. The van der Waals surface area contributed by atoms with E-state index in [9.17, 15) is 4.79 Å². The van der Waals surface area contributed by atoms with Crippen molar-refractivity contribution in [2.24, 2.45) is 0 Å². The van der Waals surface area contributed by atoms with Crippen LogP contribution in [0.15, 0.2) is 48.5 Å². The number of hydrogen-bond donors (Lipinski definition) is 1. The monoisotopic (exact) mass is 460 g/mol. The summed E-state index contributed by atoms with van der Waals surface area (Å²) in [6, 6.07) is 15.4. The number of fused-ring (bicyclic) bond motifs is 1. The van der Waals surface area contributed by atoms with Gasteiger partial charge in [0.15, 0.2) is 17.1 Å². The Morgan fingerprint density at radius 2 is 1.65 bits per heavy atom. The molecule has 2 heterocycles. The lowest BCUT2D eigenvalue weighted by Crippen LogP contribution is -2.14. The Hall–Kier alpha value is -4.07. The lowest BCUT2D eigenvalue weighted by molar-refractivity contribution is -0.116. The molecule has 0 aliphatic carbocycles. The number of anilines is 1. The van der Waals surface area contributed by atoms with Crippen LogP contribution in [-0.2, 0) is 11.2 Å². The van der Waals surface area contributed by atoms with Gasteiger partial charge in [-0.15, -0.1) is 0 Å². The molecular weight excluding hydrogens is 432 g/mol. The lowest BCUT2D eigenvalue weighted by atomic mass is 10.1. The van der Waals surface area contributed by atoms with Crippen molar-refractivity contribution >= 4 is 17.2 Å². The number of carbonyl (C=O) groups excluding carboxylic acids is 1. The summed E-state index contributed by atoms with van der Waals surface area (Å²) in [6.45, 7) is 3.98. The van der Waals surface area contributed by atoms with E-state index in [4.69, 9.17) is 24.3 Å². The second-order valence-corrected chi connectivity index (χ2v) is 7.89. The third kappa shape index (κ3) is 4.52. The number of nitrogens with zero attached hydrogens (tertiary/aromatic N) is 3. The zero-order valence-corrected chi connectivity index (χ0v) is 20.0. The van der Waals surface area contributed by atoms with Gasteiger partial charge in [0.2, 0.25) is 11.7 Å². The molecule has 0 aliphatic heterocycles. The normalized spacial score (nSPS) is 10.9. The van der Waals surface area contributed by atoms with Crippen LogP contribution < -0.4 is 19.5 Å². The second kappa shape index (κ2) is 9.82. The molecule has 0 unspecified atom stereocenters. The van der Waals surface area contributed by atoms with Crippen LogP contribution in [0.2, 0.25) is 0 Å². The van der Waals surface area contributed by atoms with Crippen LogP contribution in [0.3, 0.4) is 0 Å². The Labute approximate surface area is 198 Å². The average Bonchev–Trinajstić information content (AvgIpc) is 3.28. The molecule has 0 saturated heterocycles. The highest BCUT2D eigenvalue weighted by molar-refractivity contribution is 5.91. The number of carbonyl (C=O) groups is 1. The maximum atomic E-state index is 12.7. The molecular formula is C26H28N4O4. The molecule has 1 amide bonds. The number of aromatic nitrogens is 3. The van der Waals surface area contributed by atoms with Gasteiger partial charge in [-0.1, -0.05) is 30.3 Å². The summed E-state index contributed by atoms with van der Waals surface area (Å²) in [4.78, 5) is 17.5. The predicted molar refractivity (Wildman–Crippen MR) is 131 cm³/mol. The Morgan fingerprint density at radius 3 is 2.26 bits per heavy atom. The maximum absolute atomic E-state index is 12.7. The Morgan fingerprint density at radius 1 is 0.971 bits per heavy atom. The summed E-state index contributed by atoms with van der Waals surface area (Å²) in [5.41, 5.74) is 6.15. The first-order valence-corrected chi connectivity index (χ1v) is 11.0. The number of methoxy groups -OCH3 is 3. The van der Waals surface area contributed by atoms with E-state index in [0.29, 0.717) is 35.8 Å². The second-order valence-electron chi connectivity index (χ2n) is 7.89. The Bertz CT molecular complexity index is 1310. The van der Waals surface area contributed by atoms with E-state index >= 15 is 0 Å². The fourth-order valence-electron chi connectivity index (χ4n) is 4.05. The van der Waals surface area contributed by atoms with E-state index in [1.54, 1.807) is 12.1 Å². The number of rotatable bonds is 8. The molecule has 2 aromatic heterocycles. The number of benzene rings is 2. The summed E-state index contributed by atoms with van der Waals surface area (Å²) in [7, 11) is 4.61. The maximum Gasteiger partial charge on any atom is 0.224 e. The molecule has 0 saturated carbocycles. The van der Waals surface area contributed by atoms with E-state index in [2.05, 4.69) is 5.32 Å². The van der Waals surface area contributed by atoms with E-state index in [0.717, 1.165) is 33.9 Å². The van der Waals surface area contributed by atoms with Crippen LogP contribution >= 0.6 is 0 Å². The SMILES string of the molecule is COc1cc(NC(=O)CCc2c(C)nc3cc(-c4ccccc4)nn3c2C)cc(OC)c1OC. The molecule has 2 aromatic carbocycles. The third-order valence-corrected chi connectivity index (χ3v) is 5.78. The van der Waals surface area contributed by atoms with Crippen LogP contribution in [-0.4, -0.2) is 41.8 Å². The van der Waals surface area contributed by atoms with Crippen molar-refractivity contribution < 1.29 is 19.0 Å². The van der Waals surface area contributed by atoms with Gasteiger partial charge in [-0.05, 0) is 25.8 Å². The zero-order valence-electron chi connectivity index (χ0n) is 20.0. The van der Waals surface area contributed by atoms with E-state index in [-0.39, 0.29) is 5.91 Å². The Kier molecular flexibility index (Phi) is 6.67. The van der Waals surface area contributed by atoms with Crippen LogP contribution in [0.4, 0.5) is 5.69 Å². The number of amides is 1. The van der Waals surface area contributed by atoms with E-state index < -0.39 is 0 Å². The highest BCUT2D eigenvalue weighted by Crippen LogP contribution is 2.40. The van der Waals surface area contributed by atoms with Crippen molar-refractivity contribution in [3.05, 3.63) is 65.5 Å². The first kappa shape index (κ1) is 23.1. The molecule has 0 spiro atoms. The minimum absolute atomic E-state index is 0.126. The number of ether oxygens (including phenoxy) is 3. The first-order chi connectivity index (χ1) is 16.4. The van der Waals surface area contributed by atoms with Crippen molar-refractivity contribution in [1.29, 1.82) is 0 Å². The molecule has 0 radical (unpaired) electrons. The minimum Gasteiger partial charge on any atom is -0.493 e. The van der Waals surface area contributed by atoms with Gasteiger partial charge in [0.05, 0.1) is 27.0 Å². The molecule has 0 fully saturated rings. The van der Waals surface area contributed by atoms with Crippen molar-refractivity contribution in [3.8, 4) is 28.5 Å². The molecule has 8 nitrogen and oxygen atoms in total. The largest absolute Gasteiger partial charge is 0.493 e. The van der Waals surface area contributed by atoms with Gasteiger partial charge in [0.1, 0.15) is 0 Å². The average molecular weight is 461 g/mol. The first-order valence-electron chi connectivity index (χ1n) is 11.0. The van der Waals surface area contributed by atoms with E-state index in [1.165, 1.54) is 21.3 Å². The molecule has 34 heavy (non-hydrogen) atoms. The van der Waals surface area contributed by atoms with Crippen molar-refractivity contribution in [3.63, 3.8) is 0 Å². The molecule has 4 rings (SSSR count). The van der Waals surface area contributed by atoms with Crippen LogP contribution in [0, 0.1) is 13.8 Å². The van der Waals surface area contributed by atoms with Gasteiger partial charge in [0, 0.05) is 47.3 Å². The van der Waals surface area contributed by atoms with Crippen LogP contribution in [0.25, 0.3) is 16.9 Å². The standard InChI is InChI=1S/C26H28N4O4/c1-16-20(17(2)30-24(27-16)15-21(29-30)18-9-7-6-8-10-18)11-12-25(31)28-19-13-22(32-3)26(34-5)23(14-19)33-4/h6-10,13-15H,11-12H2,1-5H3,(H,28,31). The third-order valence-electron chi connectivity index (χ3n) is 5.78. The van der Waals surface area contributed by atoms with Gasteiger partial charge < -0.3 is 19.5 Å². The summed E-state index contributed by atoms with van der Waals surface area (Å²) >= 11 is 0. The predicted octanol–water partition coefficient (Wildman–Crippen LogP) is 4.61. The Balaban J connectivity index is 1.53. The number of hydrogen-bond acceptors (Lipinski definition) is 6. The molecule has 0 atom stereocenters. The minimum atomic E-state index is -0.126. The van der Waals surface area contributed by atoms with Crippen molar-refractivity contribution in [2.45, 2.75) is 26.7 Å². The van der Waals surface area contributed by atoms with Gasteiger partial charge in [0.25, 0.3) is 0 Å². The molecule has 4 aromatic rings. The molecule has 176 valence electrons. The van der Waals surface area contributed by atoms with Crippen LogP contribution in [0.5, 0.6) is 17.2 Å². The highest BCUT2D eigenvalue weighted by atomic mass is 16.5. The number of aryl methyl sites for hydroxylation is 2. The zero-order chi connectivity index (χ0) is 24.2. The van der Waals surface area contributed by atoms with Crippen molar-refractivity contribution in [1.82, 2.24) is 14.6 Å². The molecule has 0 aliphatic rings. The van der Waals surface area contributed by atoms with Gasteiger partial charge in [-0.25, -0.2) is 9.50 Å². The van der Waals surface area contributed by atoms with Crippen LogP contribution in [0.1, 0.15) is 23.4 Å². The summed E-state index contributed by atoms with van der Waals surface area (Å²) < 4.78 is 17.9. The quantitative estimate of drug-likeness (QED) is 0.413. The highest BCUT2D eigenvalue weighted by Gasteiger charge is 2.17. The topological polar surface area (TPSA) is 87.0 Å². The molecule has 1 N–H and O–H groups in total.